The Labute approximate surface area is 310 Å². The van der Waals surface area contributed by atoms with E-state index in [1.807, 2.05) is 12.1 Å². The first-order valence-corrected chi connectivity index (χ1v) is 18.2. The lowest BCUT2D eigenvalue weighted by atomic mass is 9.98. The number of nitriles is 1. The number of piperidine rings is 1. The topological polar surface area (TPSA) is 94.5 Å². The number of anilines is 3. The van der Waals surface area contributed by atoms with Gasteiger partial charge in [0, 0.05) is 66.9 Å². The van der Waals surface area contributed by atoms with Crippen molar-refractivity contribution < 1.29 is 4.39 Å². The highest BCUT2D eigenvalue weighted by Gasteiger charge is 2.32. The van der Waals surface area contributed by atoms with Crippen LogP contribution in [0.2, 0.25) is 10.0 Å². The molecule has 4 heterocycles. The summed E-state index contributed by atoms with van der Waals surface area (Å²) in [5.74, 6) is -0.530. The van der Waals surface area contributed by atoms with Crippen LogP contribution in [-0.2, 0) is 0 Å². The molecule has 0 spiro atoms. The van der Waals surface area contributed by atoms with Gasteiger partial charge in [-0.05, 0) is 88.6 Å². The molecule has 9 nitrogen and oxygen atoms in total. The number of rotatable bonds is 10. The van der Waals surface area contributed by atoms with Crippen LogP contribution in [0.25, 0.3) is 10.9 Å². The molecule has 12 heteroatoms. The van der Waals surface area contributed by atoms with E-state index in [4.69, 9.17) is 23.2 Å². The van der Waals surface area contributed by atoms with Gasteiger partial charge in [0.25, 0.3) is 0 Å². The summed E-state index contributed by atoms with van der Waals surface area (Å²) in [5.41, 5.74) is 13.9. The Morgan fingerprint density at radius 1 is 1.16 bits per heavy atom. The number of fused-ring (bicyclic) bond motifs is 1. The highest BCUT2D eigenvalue weighted by Crippen LogP contribution is 2.36. The average Bonchev–Trinajstić information content (AvgIpc) is 3.74. The first kappa shape index (κ1) is 36.7. The van der Waals surface area contributed by atoms with Crippen LogP contribution in [0.1, 0.15) is 53.0 Å². The minimum absolute atomic E-state index is 0.0302. The quantitative estimate of drug-likeness (QED) is 0.154. The molecule has 3 aliphatic rings. The third-order valence-electron chi connectivity index (χ3n) is 9.99. The second-order valence-electron chi connectivity index (χ2n) is 14.5. The lowest BCUT2D eigenvalue weighted by Crippen LogP contribution is -2.52. The van der Waals surface area contributed by atoms with Crippen molar-refractivity contribution >= 4 is 51.2 Å². The number of hydrogen-bond acceptors (Lipinski definition) is 9. The van der Waals surface area contributed by atoms with E-state index in [0.29, 0.717) is 44.6 Å². The molecule has 268 valence electrons. The summed E-state index contributed by atoms with van der Waals surface area (Å²) in [7, 11) is 0. The van der Waals surface area contributed by atoms with Gasteiger partial charge in [-0.2, -0.15) is 5.26 Å². The van der Waals surface area contributed by atoms with E-state index in [9.17, 15) is 9.65 Å². The van der Waals surface area contributed by atoms with Crippen LogP contribution in [0.4, 0.5) is 21.5 Å². The Kier molecular flexibility index (Phi) is 11.0. The lowest BCUT2D eigenvalue weighted by molar-refractivity contribution is 0.0570. The summed E-state index contributed by atoms with van der Waals surface area (Å²) in [6.45, 7) is 20.7. The molecule has 2 aromatic carbocycles. The number of likely N-dealkylation sites (N-methyl/N-ethyl adjacent to an activating group) is 1. The maximum absolute atomic E-state index is 14.0. The third kappa shape index (κ3) is 8.19. The molecule has 0 aliphatic carbocycles. The molecule has 51 heavy (non-hydrogen) atoms. The summed E-state index contributed by atoms with van der Waals surface area (Å²) >= 11 is 13.0. The molecule has 1 atom stereocenters. The van der Waals surface area contributed by atoms with E-state index in [0.717, 1.165) is 56.8 Å². The highest BCUT2D eigenvalue weighted by atomic mass is 35.5. The molecule has 6 rings (SSSR count). The Morgan fingerprint density at radius 3 is 2.57 bits per heavy atom. The van der Waals surface area contributed by atoms with Crippen molar-refractivity contribution in [1.29, 1.82) is 5.26 Å². The zero-order valence-electron chi connectivity index (χ0n) is 29.9. The first-order chi connectivity index (χ1) is 24.3. The van der Waals surface area contributed by atoms with Crippen molar-refractivity contribution in [1.82, 2.24) is 30.8 Å². The molecular formula is C39H46Cl2FN9. The molecule has 4 N–H and O–H groups in total. The van der Waals surface area contributed by atoms with Gasteiger partial charge in [0.2, 0.25) is 0 Å². The van der Waals surface area contributed by atoms with Gasteiger partial charge in [-0.3, -0.25) is 19.8 Å². The van der Waals surface area contributed by atoms with Gasteiger partial charge in [0.1, 0.15) is 11.9 Å². The lowest BCUT2D eigenvalue weighted by Gasteiger charge is -2.42. The normalized spacial score (nSPS) is 18.3. The molecule has 3 aromatic rings. The molecule has 3 aliphatic heterocycles. The van der Waals surface area contributed by atoms with Crippen LogP contribution in [-0.4, -0.2) is 70.1 Å². The van der Waals surface area contributed by atoms with Crippen molar-refractivity contribution in [2.45, 2.75) is 65.1 Å². The zero-order valence-corrected chi connectivity index (χ0v) is 31.4. The SMILES string of the molecule is C=C(/C=C\C1=C(C)CN(CC)C1)[C@H](Nc1cc(Cl)c2ncc(C#N)c(Nc3ccc(F)c(Cl)c3)c2c1)C1=CN(C2CCN(C(C)(C)C)CC2)NN1. The summed E-state index contributed by atoms with van der Waals surface area (Å²) in [4.78, 5) is 9.45. The van der Waals surface area contributed by atoms with E-state index in [1.165, 1.54) is 29.5 Å². The second kappa shape index (κ2) is 15.2. The number of hydrazine groups is 2. The van der Waals surface area contributed by atoms with Crippen LogP contribution < -0.4 is 21.6 Å². The van der Waals surface area contributed by atoms with Crippen molar-refractivity contribution in [3.63, 3.8) is 0 Å². The van der Waals surface area contributed by atoms with Gasteiger partial charge in [0.05, 0.1) is 38.6 Å². The number of likely N-dealkylation sites (tertiary alicyclic amines) is 1. The molecule has 1 aromatic heterocycles. The largest absolute Gasteiger partial charge is 0.373 e. The van der Waals surface area contributed by atoms with Crippen molar-refractivity contribution in [2.24, 2.45) is 0 Å². The maximum atomic E-state index is 14.0. The smallest absolute Gasteiger partial charge is 0.141 e. The van der Waals surface area contributed by atoms with E-state index < -0.39 is 5.82 Å². The van der Waals surface area contributed by atoms with E-state index in [-0.39, 0.29) is 16.6 Å². The standard InChI is InChI=1S/C39H46Cl2FN9/c1-7-49-21-25(3)26(22-49)9-8-24(2)36(35-23-51(48-47-35)30-12-14-50(15-13-30)39(4,5)6)46-29-16-31-37(45-28-10-11-34(42)32(40)17-28)27(19-43)20-44-38(31)33(41)18-29/h8-11,16-18,20,23,30,36,46-48H,2,7,12-15,21-22H2,1,3-6H3,(H,44,45)/b9-8-/t36-/m0/s1. The van der Waals surface area contributed by atoms with Gasteiger partial charge in [-0.1, -0.05) is 54.4 Å². The maximum Gasteiger partial charge on any atom is 0.141 e. The number of nitrogens with zero attached hydrogens (tertiary/aromatic N) is 5. The van der Waals surface area contributed by atoms with E-state index >= 15 is 0 Å². The first-order valence-electron chi connectivity index (χ1n) is 17.4. The van der Waals surface area contributed by atoms with Crippen molar-refractivity contribution in [2.75, 3.05) is 43.4 Å². The summed E-state index contributed by atoms with van der Waals surface area (Å²) in [5, 5.41) is 20.1. The van der Waals surface area contributed by atoms with Gasteiger partial charge in [0.15, 0.2) is 0 Å². The Balaban J connectivity index is 1.33. The molecule has 0 amide bonds. The number of halogens is 3. The van der Waals surface area contributed by atoms with Gasteiger partial charge >= 0.3 is 0 Å². The van der Waals surface area contributed by atoms with Crippen molar-refractivity contribution in [3.05, 3.63) is 105 Å². The van der Waals surface area contributed by atoms with E-state index in [2.05, 4.69) is 107 Å². The Bertz CT molecular complexity index is 1950. The number of pyridine rings is 1. The molecule has 1 saturated heterocycles. The zero-order chi connectivity index (χ0) is 36.4. The molecule has 0 bridgehead atoms. The monoisotopic (exact) mass is 729 g/mol. The van der Waals surface area contributed by atoms with Crippen LogP contribution >= 0.6 is 23.2 Å². The average molecular weight is 731 g/mol. The fourth-order valence-corrected chi connectivity index (χ4v) is 7.36. The third-order valence-corrected chi connectivity index (χ3v) is 10.6. The van der Waals surface area contributed by atoms with Crippen LogP contribution in [0.3, 0.4) is 0 Å². The van der Waals surface area contributed by atoms with Crippen LogP contribution in [0.5, 0.6) is 0 Å². The number of nitrogens with one attached hydrogen (secondary N) is 4. The highest BCUT2D eigenvalue weighted by molar-refractivity contribution is 6.36. The number of benzene rings is 2. The van der Waals surface area contributed by atoms with Gasteiger partial charge in [-0.15, -0.1) is 5.53 Å². The fourth-order valence-electron chi connectivity index (χ4n) is 6.91. The van der Waals surface area contributed by atoms with Crippen LogP contribution in [0.15, 0.2) is 83.9 Å². The van der Waals surface area contributed by atoms with E-state index in [1.54, 1.807) is 6.07 Å². The van der Waals surface area contributed by atoms with Crippen molar-refractivity contribution in [3.8, 4) is 6.07 Å². The summed E-state index contributed by atoms with van der Waals surface area (Å²) < 4.78 is 14.0. The Hall–Kier alpha value is -4.11. The van der Waals surface area contributed by atoms with Gasteiger partial charge < -0.3 is 16.1 Å². The second-order valence-corrected chi connectivity index (χ2v) is 15.3. The molecule has 0 unspecified atom stereocenters. The minimum Gasteiger partial charge on any atom is -0.373 e. The predicted molar refractivity (Wildman–Crippen MR) is 207 cm³/mol. The number of hydrogen-bond donors (Lipinski definition) is 4. The molecule has 0 radical (unpaired) electrons. The molecule has 0 saturated carbocycles. The fraction of sp³-hybridized carbons (Fsp3) is 0.385. The predicted octanol–water partition coefficient (Wildman–Crippen LogP) is 8.27. The number of aromatic nitrogens is 1. The summed E-state index contributed by atoms with van der Waals surface area (Å²) in [6.07, 6.45) is 9.96. The van der Waals surface area contributed by atoms with Gasteiger partial charge in [-0.25, -0.2) is 4.39 Å². The molecule has 1 fully saturated rings. The Morgan fingerprint density at radius 2 is 1.90 bits per heavy atom. The minimum atomic E-state index is -0.530. The van der Waals surface area contributed by atoms with Crippen LogP contribution in [0, 0.1) is 17.1 Å². The molecular weight excluding hydrogens is 684 g/mol. The summed E-state index contributed by atoms with van der Waals surface area (Å²) in [6, 6.07) is 10.3.